The van der Waals surface area contributed by atoms with Crippen molar-refractivity contribution in [3.63, 3.8) is 0 Å². The zero-order chi connectivity index (χ0) is 19.0. The van der Waals surface area contributed by atoms with Gasteiger partial charge in [0.05, 0.1) is 6.33 Å². The summed E-state index contributed by atoms with van der Waals surface area (Å²) >= 11 is 0. The van der Waals surface area contributed by atoms with Crippen LogP contribution in [0.4, 0.5) is 5.69 Å². The smallest absolute Gasteiger partial charge is 0.297 e. The largest absolute Gasteiger partial charge is 0.448 e. The van der Waals surface area contributed by atoms with Crippen molar-refractivity contribution in [2.45, 2.75) is 26.3 Å². The van der Waals surface area contributed by atoms with Gasteiger partial charge in [0, 0.05) is 11.1 Å². The molecule has 0 aliphatic rings. The van der Waals surface area contributed by atoms with E-state index in [4.69, 9.17) is 4.42 Å². The van der Waals surface area contributed by atoms with Crippen LogP contribution in [-0.4, -0.2) is 15.5 Å². The molecule has 6 heteroatoms. The minimum absolute atomic E-state index is 0.134. The summed E-state index contributed by atoms with van der Waals surface area (Å²) in [6.07, 6.45) is 1.38. The molecular weight excluding hydrogens is 342 g/mol. The molecule has 0 atom stereocenters. The lowest BCUT2D eigenvalue weighted by molar-refractivity contribution is -0.116. The van der Waals surface area contributed by atoms with Gasteiger partial charge in [0.25, 0.3) is 5.56 Å². The molecule has 1 amide bonds. The normalized spacial score (nSPS) is 11.4. The first kappa shape index (κ1) is 17.0. The summed E-state index contributed by atoms with van der Waals surface area (Å²) in [4.78, 5) is 29.3. The predicted octanol–water partition coefficient (Wildman–Crippen LogP) is 3.90. The Hall–Kier alpha value is -3.41. The molecule has 0 aliphatic heterocycles. The van der Waals surface area contributed by atoms with Crippen molar-refractivity contribution < 1.29 is 9.21 Å². The fourth-order valence-corrected chi connectivity index (χ4v) is 3.03. The Balaban J connectivity index is 1.57. The third kappa shape index (κ3) is 3.21. The van der Waals surface area contributed by atoms with Crippen LogP contribution in [0.2, 0.25) is 0 Å². The molecule has 27 heavy (non-hydrogen) atoms. The highest BCUT2D eigenvalue weighted by Crippen LogP contribution is 2.24. The third-order valence-corrected chi connectivity index (χ3v) is 4.53. The van der Waals surface area contributed by atoms with E-state index in [1.54, 1.807) is 6.07 Å². The number of furan rings is 1. The quantitative estimate of drug-likeness (QED) is 0.598. The summed E-state index contributed by atoms with van der Waals surface area (Å²) < 4.78 is 6.88. The molecule has 0 aliphatic carbocycles. The fraction of sp³-hybridized carbons (Fsp3) is 0.190. The number of rotatable bonds is 4. The molecule has 2 aromatic heterocycles. The Morgan fingerprint density at radius 1 is 1.15 bits per heavy atom. The van der Waals surface area contributed by atoms with E-state index < -0.39 is 0 Å². The average molecular weight is 361 g/mol. The number of aromatic nitrogens is 2. The van der Waals surface area contributed by atoms with E-state index in [1.807, 2.05) is 42.5 Å². The van der Waals surface area contributed by atoms with Crippen molar-refractivity contribution >= 4 is 33.7 Å². The van der Waals surface area contributed by atoms with Crippen LogP contribution < -0.4 is 10.9 Å². The van der Waals surface area contributed by atoms with Gasteiger partial charge >= 0.3 is 0 Å². The number of benzene rings is 2. The number of carbonyl (C=O) groups excluding carboxylic acids is 1. The number of hydrogen-bond acceptors (Lipinski definition) is 4. The first-order chi connectivity index (χ1) is 13.0. The SMILES string of the molecule is CC(C)c1ccc(NC(=O)Cn2cnc3c(oc4ccccc43)c2=O)cc1. The first-order valence-corrected chi connectivity index (χ1v) is 8.79. The summed E-state index contributed by atoms with van der Waals surface area (Å²) in [5, 5.41) is 3.59. The zero-order valence-electron chi connectivity index (χ0n) is 15.1. The van der Waals surface area contributed by atoms with Gasteiger partial charge in [-0.1, -0.05) is 38.1 Å². The van der Waals surface area contributed by atoms with Crippen molar-refractivity contribution in [1.29, 1.82) is 0 Å². The second-order valence-corrected chi connectivity index (χ2v) is 6.78. The lowest BCUT2D eigenvalue weighted by Crippen LogP contribution is -2.27. The minimum atomic E-state index is -0.374. The Morgan fingerprint density at radius 3 is 2.63 bits per heavy atom. The Kier molecular flexibility index (Phi) is 4.24. The van der Waals surface area contributed by atoms with Crippen LogP contribution in [0.15, 0.2) is 64.1 Å². The minimum Gasteiger partial charge on any atom is -0.448 e. The van der Waals surface area contributed by atoms with Crippen molar-refractivity contribution in [3.8, 4) is 0 Å². The molecule has 0 radical (unpaired) electrons. The van der Waals surface area contributed by atoms with Gasteiger partial charge in [0.2, 0.25) is 11.5 Å². The molecule has 0 fully saturated rings. The van der Waals surface area contributed by atoms with Gasteiger partial charge in [-0.2, -0.15) is 0 Å². The average Bonchev–Trinajstić information content (AvgIpc) is 3.04. The van der Waals surface area contributed by atoms with E-state index in [0.717, 1.165) is 5.39 Å². The van der Waals surface area contributed by atoms with E-state index in [-0.39, 0.29) is 23.6 Å². The van der Waals surface area contributed by atoms with Gasteiger partial charge in [-0.3, -0.25) is 14.2 Å². The molecule has 0 saturated heterocycles. The standard InChI is InChI=1S/C21H19N3O3/c1-13(2)14-7-9-15(10-8-14)23-18(25)11-24-12-22-19-16-5-3-4-6-17(16)27-20(19)21(24)26/h3-10,12-13H,11H2,1-2H3,(H,23,25). The van der Waals surface area contributed by atoms with E-state index in [1.165, 1.54) is 16.5 Å². The van der Waals surface area contributed by atoms with Gasteiger partial charge in [0.1, 0.15) is 17.6 Å². The molecule has 4 aromatic rings. The van der Waals surface area contributed by atoms with E-state index >= 15 is 0 Å². The molecule has 2 heterocycles. The highest BCUT2D eigenvalue weighted by molar-refractivity contribution is 6.01. The number of hydrogen-bond donors (Lipinski definition) is 1. The molecule has 0 bridgehead atoms. The highest BCUT2D eigenvalue weighted by atomic mass is 16.3. The monoisotopic (exact) mass is 361 g/mol. The fourth-order valence-electron chi connectivity index (χ4n) is 3.03. The summed E-state index contributed by atoms with van der Waals surface area (Å²) in [7, 11) is 0. The number of fused-ring (bicyclic) bond motifs is 3. The molecule has 6 nitrogen and oxygen atoms in total. The maximum atomic E-state index is 12.7. The second-order valence-electron chi connectivity index (χ2n) is 6.78. The first-order valence-electron chi connectivity index (χ1n) is 8.79. The van der Waals surface area contributed by atoms with Gasteiger partial charge in [-0.05, 0) is 35.7 Å². The van der Waals surface area contributed by atoms with Crippen molar-refractivity contribution in [2.24, 2.45) is 0 Å². The highest BCUT2D eigenvalue weighted by Gasteiger charge is 2.14. The number of para-hydroxylation sites is 1. The van der Waals surface area contributed by atoms with E-state index in [9.17, 15) is 9.59 Å². The number of amides is 1. The third-order valence-electron chi connectivity index (χ3n) is 4.53. The second kappa shape index (κ2) is 6.72. The number of nitrogens with zero attached hydrogens (tertiary/aromatic N) is 2. The van der Waals surface area contributed by atoms with Crippen LogP contribution in [0, 0.1) is 0 Å². The maximum absolute atomic E-state index is 12.7. The number of anilines is 1. The van der Waals surface area contributed by atoms with Crippen molar-refractivity contribution in [3.05, 3.63) is 70.8 Å². The van der Waals surface area contributed by atoms with Crippen LogP contribution in [0.1, 0.15) is 25.3 Å². The van der Waals surface area contributed by atoms with E-state index in [2.05, 4.69) is 24.1 Å². The molecular formula is C21H19N3O3. The maximum Gasteiger partial charge on any atom is 0.297 e. The van der Waals surface area contributed by atoms with Gasteiger partial charge in [-0.25, -0.2) is 4.98 Å². The van der Waals surface area contributed by atoms with Crippen LogP contribution in [0.5, 0.6) is 0 Å². The molecule has 0 saturated carbocycles. The molecule has 0 unspecified atom stereocenters. The molecule has 2 aromatic carbocycles. The Morgan fingerprint density at radius 2 is 1.89 bits per heavy atom. The molecule has 4 rings (SSSR count). The van der Waals surface area contributed by atoms with E-state index in [0.29, 0.717) is 22.7 Å². The van der Waals surface area contributed by atoms with Crippen LogP contribution in [0.25, 0.3) is 22.1 Å². The van der Waals surface area contributed by atoms with Crippen molar-refractivity contribution in [2.75, 3.05) is 5.32 Å². The number of carbonyl (C=O) groups is 1. The van der Waals surface area contributed by atoms with Gasteiger partial charge in [0.15, 0.2) is 0 Å². The van der Waals surface area contributed by atoms with Crippen LogP contribution in [-0.2, 0) is 11.3 Å². The molecule has 1 N–H and O–H groups in total. The van der Waals surface area contributed by atoms with Crippen LogP contribution >= 0.6 is 0 Å². The topological polar surface area (TPSA) is 77.1 Å². The number of nitrogens with one attached hydrogen (secondary N) is 1. The Bertz CT molecular complexity index is 1190. The summed E-state index contributed by atoms with van der Waals surface area (Å²) in [6, 6.07) is 15.0. The predicted molar refractivity (Wildman–Crippen MR) is 105 cm³/mol. The van der Waals surface area contributed by atoms with Gasteiger partial charge in [-0.15, -0.1) is 0 Å². The van der Waals surface area contributed by atoms with Gasteiger partial charge < -0.3 is 9.73 Å². The zero-order valence-corrected chi connectivity index (χ0v) is 15.1. The molecule has 136 valence electrons. The molecule has 0 spiro atoms. The summed E-state index contributed by atoms with van der Waals surface area (Å²) in [5.74, 6) is 0.126. The Labute approximate surface area is 155 Å². The lowest BCUT2D eigenvalue weighted by atomic mass is 10.0. The van der Waals surface area contributed by atoms with Crippen LogP contribution in [0.3, 0.4) is 0 Å². The van der Waals surface area contributed by atoms with Crippen molar-refractivity contribution in [1.82, 2.24) is 9.55 Å². The summed E-state index contributed by atoms with van der Waals surface area (Å²) in [5.41, 5.74) is 2.79. The summed E-state index contributed by atoms with van der Waals surface area (Å²) in [6.45, 7) is 4.09. The lowest BCUT2D eigenvalue weighted by Gasteiger charge is -2.09.